The Morgan fingerprint density at radius 1 is 1.28 bits per heavy atom. The third-order valence-corrected chi connectivity index (χ3v) is 2.50. The molecular formula is C13H18N2O3. The summed E-state index contributed by atoms with van der Waals surface area (Å²) in [7, 11) is 0. The first-order chi connectivity index (χ1) is 8.40. The average molecular weight is 250 g/mol. The van der Waals surface area contributed by atoms with Crippen LogP contribution in [0.2, 0.25) is 0 Å². The summed E-state index contributed by atoms with van der Waals surface area (Å²) in [5.74, 6) is -1.21. The largest absolute Gasteiger partial charge is 0.480 e. The molecule has 0 fully saturated rings. The number of carboxylic acids is 1. The van der Waals surface area contributed by atoms with Crippen LogP contribution in [0.3, 0.4) is 0 Å². The van der Waals surface area contributed by atoms with Crippen molar-refractivity contribution in [1.29, 1.82) is 0 Å². The number of carbonyl (C=O) groups excluding carboxylic acids is 1. The number of hydrogen-bond acceptors (Lipinski definition) is 2. The number of urea groups is 1. The molecule has 0 aliphatic heterocycles. The van der Waals surface area contributed by atoms with Gasteiger partial charge in [-0.2, -0.15) is 0 Å². The summed E-state index contributed by atoms with van der Waals surface area (Å²) in [5.41, 5.74) is 1.66. The van der Waals surface area contributed by atoms with Crippen LogP contribution in [0.4, 0.5) is 10.5 Å². The van der Waals surface area contributed by atoms with Crippen molar-refractivity contribution in [3.8, 4) is 0 Å². The van der Waals surface area contributed by atoms with Crippen molar-refractivity contribution in [1.82, 2.24) is 5.32 Å². The molecule has 2 amide bonds. The van der Waals surface area contributed by atoms with E-state index in [0.717, 1.165) is 5.56 Å². The number of aryl methyl sites for hydroxylation is 1. The maximum Gasteiger partial charge on any atom is 0.326 e. The number of anilines is 1. The predicted octanol–water partition coefficient (Wildman–Crippen LogP) is 2.23. The molecule has 0 heterocycles. The number of amides is 2. The van der Waals surface area contributed by atoms with Gasteiger partial charge in [0.25, 0.3) is 0 Å². The number of aliphatic carboxylic acids is 1. The van der Waals surface area contributed by atoms with Gasteiger partial charge in [0.1, 0.15) is 6.04 Å². The Balaban J connectivity index is 2.63. The van der Waals surface area contributed by atoms with Gasteiger partial charge in [-0.3, -0.25) is 0 Å². The molecule has 1 aromatic rings. The van der Waals surface area contributed by atoms with Crippen LogP contribution < -0.4 is 10.6 Å². The van der Waals surface area contributed by atoms with Gasteiger partial charge >= 0.3 is 12.0 Å². The minimum absolute atomic E-state index is 0.175. The van der Waals surface area contributed by atoms with E-state index in [1.807, 2.05) is 25.1 Å². The quantitative estimate of drug-likeness (QED) is 0.766. The summed E-state index contributed by atoms with van der Waals surface area (Å²) in [6.45, 7) is 5.40. The summed E-state index contributed by atoms with van der Waals surface area (Å²) < 4.78 is 0. The van der Waals surface area contributed by atoms with Gasteiger partial charge in [0.05, 0.1) is 0 Å². The van der Waals surface area contributed by atoms with Crippen molar-refractivity contribution < 1.29 is 14.7 Å². The molecule has 0 bridgehead atoms. The van der Waals surface area contributed by atoms with Gasteiger partial charge in [-0.25, -0.2) is 9.59 Å². The summed E-state index contributed by atoms with van der Waals surface area (Å²) in [5, 5.41) is 14.0. The molecule has 1 rings (SSSR count). The maximum atomic E-state index is 11.7. The van der Waals surface area contributed by atoms with Gasteiger partial charge in [-0.05, 0) is 30.5 Å². The van der Waals surface area contributed by atoms with Crippen molar-refractivity contribution in [2.24, 2.45) is 5.92 Å². The molecule has 0 spiro atoms. The molecule has 0 saturated carbocycles. The molecule has 5 nitrogen and oxygen atoms in total. The fraction of sp³-hybridized carbons (Fsp3) is 0.385. The van der Waals surface area contributed by atoms with E-state index < -0.39 is 18.0 Å². The summed E-state index contributed by atoms with van der Waals surface area (Å²) in [6.07, 6.45) is 0. The van der Waals surface area contributed by atoms with Crippen molar-refractivity contribution in [3.63, 3.8) is 0 Å². The molecule has 0 aromatic heterocycles. The highest BCUT2D eigenvalue weighted by atomic mass is 16.4. The fourth-order valence-electron chi connectivity index (χ4n) is 1.54. The van der Waals surface area contributed by atoms with Crippen LogP contribution in [0.25, 0.3) is 0 Å². The van der Waals surface area contributed by atoms with E-state index in [-0.39, 0.29) is 5.92 Å². The first-order valence-electron chi connectivity index (χ1n) is 5.77. The van der Waals surface area contributed by atoms with Crippen molar-refractivity contribution >= 4 is 17.7 Å². The fourth-order valence-corrected chi connectivity index (χ4v) is 1.54. The molecule has 5 heteroatoms. The van der Waals surface area contributed by atoms with Gasteiger partial charge in [-0.15, -0.1) is 0 Å². The standard InChI is InChI=1S/C13H18N2O3/c1-8(2)11(12(16)17)15-13(18)14-10-6-4-5-9(3)7-10/h4-8,11H,1-3H3,(H,16,17)(H2,14,15,18). The van der Waals surface area contributed by atoms with E-state index in [4.69, 9.17) is 5.11 Å². The summed E-state index contributed by atoms with van der Waals surface area (Å²) in [6, 6.07) is 5.89. The smallest absolute Gasteiger partial charge is 0.326 e. The normalized spacial score (nSPS) is 12.0. The highest BCUT2D eigenvalue weighted by Crippen LogP contribution is 2.09. The van der Waals surface area contributed by atoms with Crippen LogP contribution in [0, 0.1) is 12.8 Å². The van der Waals surface area contributed by atoms with Crippen molar-refractivity contribution in [3.05, 3.63) is 29.8 Å². The minimum atomic E-state index is -1.04. The number of nitrogens with one attached hydrogen (secondary N) is 2. The van der Waals surface area contributed by atoms with Crippen LogP contribution in [-0.4, -0.2) is 23.1 Å². The maximum absolute atomic E-state index is 11.7. The lowest BCUT2D eigenvalue weighted by Crippen LogP contribution is -2.46. The molecule has 98 valence electrons. The molecule has 1 aromatic carbocycles. The zero-order valence-corrected chi connectivity index (χ0v) is 10.7. The molecule has 0 aliphatic rings. The van der Waals surface area contributed by atoms with Gasteiger partial charge in [0.2, 0.25) is 0 Å². The van der Waals surface area contributed by atoms with Crippen LogP contribution >= 0.6 is 0 Å². The van der Waals surface area contributed by atoms with Gasteiger partial charge < -0.3 is 15.7 Å². The van der Waals surface area contributed by atoms with Crippen LogP contribution in [0.15, 0.2) is 24.3 Å². The Labute approximate surface area is 106 Å². The van der Waals surface area contributed by atoms with E-state index in [2.05, 4.69) is 10.6 Å². The third kappa shape index (κ3) is 4.08. The Kier molecular flexibility index (Phi) is 4.71. The van der Waals surface area contributed by atoms with Crippen LogP contribution in [0.1, 0.15) is 19.4 Å². The van der Waals surface area contributed by atoms with Gasteiger partial charge in [-0.1, -0.05) is 26.0 Å². The highest BCUT2D eigenvalue weighted by molar-refractivity contribution is 5.92. The number of carbonyl (C=O) groups is 2. The van der Waals surface area contributed by atoms with Gasteiger partial charge in [0, 0.05) is 5.69 Å². The first kappa shape index (κ1) is 14.0. The highest BCUT2D eigenvalue weighted by Gasteiger charge is 2.23. The number of rotatable bonds is 4. The molecule has 3 N–H and O–H groups in total. The lowest BCUT2D eigenvalue weighted by molar-refractivity contribution is -0.140. The van der Waals surface area contributed by atoms with E-state index in [1.54, 1.807) is 19.9 Å². The first-order valence-corrected chi connectivity index (χ1v) is 5.77. The molecule has 0 saturated heterocycles. The Bertz CT molecular complexity index is 444. The topological polar surface area (TPSA) is 78.4 Å². The van der Waals surface area contributed by atoms with E-state index >= 15 is 0 Å². The van der Waals surface area contributed by atoms with Gasteiger partial charge in [0.15, 0.2) is 0 Å². The molecular weight excluding hydrogens is 232 g/mol. The monoisotopic (exact) mass is 250 g/mol. The lowest BCUT2D eigenvalue weighted by atomic mass is 10.1. The minimum Gasteiger partial charge on any atom is -0.480 e. The molecule has 1 atom stereocenters. The predicted molar refractivity (Wildman–Crippen MR) is 69.6 cm³/mol. The Morgan fingerprint density at radius 3 is 2.44 bits per heavy atom. The molecule has 18 heavy (non-hydrogen) atoms. The number of carboxylic acid groups (broad SMARTS) is 1. The van der Waals surface area contributed by atoms with E-state index in [1.165, 1.54) is 0 Å². The summed E-state index contributed by atoms with van der Waals surface area (Å²) in [4.78, 5) is 22.6. The van der Waals surface area contributed by atoms with Crippen LogP contribution in [0.5, 0.6) is 0 Å². The van der Waals surface area contributed by atoms with E-state index in [9.17, 15) is 9.59 Å². The van der Waals surface area contributed by atoms with Crippen LogP contribution in [-0.2, 0) is 4.79 Å². The Morgan fingerprint density at radius 2 is 1.94 bits per heavy atom. The number of hydrogen-bond donors (Lipinski definition) is 3. The zero-order chi connectivity index (χ0) is 13.7. The second-order valence-electron chi connectivity index (χ2n) is 4.53. The summed E-state index contributed by atoms with van der Waals surface area (Å²) >= 11 is 0. The van der Waals surface area contributed by atoms with Crippen molar-refractivity contribution in [2.45, 2.75) is 26.8 Å². The second-order valence-corrected chi connectivity index (χ2v) is 4.53. The zero-order valence-electron chi connectivity index (χ0n) is 10.7. The molecule has 0 aliphatic carbocycles. The average Bonchev–Trinajstić information content (AvgIpc) is 2.25. The number of benzene rings is 1. The molecule has 1 unspecified atom stereocenters. The van der Waals surface area contributed by atoms with E-state index in [0.29, 0.717) is 5.69 Å². The Hall–Kier alpha value is -2.04. The van der Waals surface area contributed by atoms with Crippen molar-refractivity contribution in [2.75, 3.05) is 5.32 Å². The second kappa shape index (κ2) is 6.05. The lowest BCUT2D eigenvalue weighted by Gasteiger charge is -2.18. The third-order valence-electron chi connectivity index (χ3n) is 2.50. The SMILES string of the molecule is Cc1cccc(NC(=O)NC(C(=O)O)C(C)C)c1. The molecule has 0 radical (unpaired) electrons.